The normalized spacial score (nSPS) is 37.2. The highest BCUT2D eigenvalue weighted by atomic mass is 16.8. The van der Waals surface area contributed by atoms with Crippen molar-refractivity contribution in [2.45, 2.75) is 178 Å². The molecule has 0 aromatic rings. The zero-order chi connectivity index (χ0) is 48.1. The van der Waals surface area contributed by atoms with Gasteiger partial charge in [0.15, 0.2) is 19.4 Å². The van der Waals surface area contributed by atoms with E-state index in [0.717, 1.165) is 24.0 Å². The number of aliphatic hydroxyl groups is 2. The lowest BCUT2D eigenvalue weighted by atomic mass is 9.91. The van der Waals surface area contributed by atoms with Gasteiger partial charge in [0.1, 0.15) is 61.0 Å². The summed E-state index contributed by atoms with van der Waals surface area (Å²) in [6.07, 6.45) is 4.96. The van der Waals surface area contributed by atoms with E-state index >= 15 is 0 Å². The van der Waals surface area contributed by atoms with Gasteiger partial charge in [0.25, 0.3) is 0 Å². The standard InChI is InChI=1S/C49H84O16/c1-17-32(52-9)30(7)38-40(62-38)34(50)26(3)21-19-23-28(5)36-42(54-11)43(55-12)47(58-15)49(65-36)61-25-60-45-37(64-48(59-16)46(57-14)44(45)56-13)29(6)24-20-22-27(4)35(51)41-39(63-41)31(8)33(18-2)53-10/h19-24,26-27,30-51H,17-18,25H2,1-16H3/b21-19+,22-20+,28-23+,29-24+/t26-,27-,30+,31+,32-,33-,34+,35+,36-,37-,38-,39-,40-,41-,42+,43-,44-,45+,46+,47+,48+,49-/m0/s1. The van der Waals surface area contributed by atoms with Gasteiger partial charge in [-0.1, -0.05) is 78.0 Å². The van der Waals surface area contributed by atoms with Crippen molar-refractivity contribution in [2.75, 3.05) is 63.7 Å². The molecule has 0 bridgehead atoms. The topological polar surface area (TPSA) is 176 Å². The molecule has 0 unspecified atom stereocenters. The van der Waals surface area contributed by atoms with Gasteiger partial charge in [0.05, 0.1) is 36.6 Å². The Balaban J connectivity index is 1.46. The van der Waals surface area contributed by atoms with Crippen molar-refractivity contribution in [1.82, 2.24) is 0 Å². The predicted molar refractivity (Wildman–Crippen MR) is 243 cm³/mol. The Hall–Kier alpha value is -1.68. The van der Waals surface area contributed by atoms with Crippen LogP contribution in [0.1, 0.15) is 68.2 Å². The summed E-state index contributed by atoms with van der Waals surface area (Å²) in [6, 6.07) is 0. The number of ether oxygens (including phenoxy) is 14. The lowest BCUT2D eigenvalue weighted by molar-refractivity contribution is -0.338. The van der Waals surface area contributed by atoms with E-state index in [0.29, 0.717) is 0 Å². The third-order valence-electron chi connectivity index (χ3n) is 14.0. The number of hydrogen-bond acceptors (Lipinski definition) is 16. The van der Waals surface area contributed by atoms with Crippen LogP contribution in [0.2, 0.25) is 0 Å². The number of methoxy groups -OCH3 is 8. The monoisotopic (exact) mass is 929 g/mol. The summed E-state index contributed by atoms with van der Waals surface area (Å²) >= 11 is 0. The van der Waals surface area contributed by atoms with E-state index in [1.54, 1.807) is 56.9 Å². The van der Waals surface area contributed by atoms with Crippen LogP contribution in [0.4, 0.5) is 0 Å². The maximum Gasteiger partial charge on any atom is 0.189 e. The zero-order valence-electron chi connectivity index (χ0n) is 41.9. The summed E-state index contributed by atoms with van der Waals surface area (Å²) in [5, 5.41) is 22.3. The minimum absolute atomic E-state index is 0.0405. The molecule has 0 aliphatic carbocycles. The number of epoxide rings is 2. The van der Waals surface area contributed by atoms with Crippen molar-refractivity contribution < 1.29 is 76.5 Å². The first kappa shape index (κ1) is 55.9. The van der Waals surface area contributed by atoms with Gasteiger partial charge in [-0.2, -0.15) is 0 Å². The summed E-state index contributed by atoms with van der Waals surface area (Å²) in [5.41, 5.74) is 1.67. The van der Waals surface area contributed by atoms with Crippen molar-refractivity contribution in [3.05, 3.63) is 47.6 Å². The van der Waals surface area contributed by atoms with Crippen LogP contribution in [0.5, 0.6) is 0 Å². The van der Waals surface area contributed by atoms with Crippen molar-refractivity contribution in [1.29, 1.82) is 0 Å². The fourth-order valence-electron chi connectivity index (χ4n) is 9.71. The van der Waals surface area contributed by atoms with Crippen LogP contribution >= 0.6 is 0 Å². The fourth-order valence-corrected chi connectivity index (χ4v) is 9.71. The molecule has 4 rings (SSSR count). The van der Waals surface area contributed by atoms with Crippen LogP contribution in [0.3, 0.4) is 0 Å². The number of aliphatic hydroxyl groups excluding tert-OH is 2. The molecule has 16 heteroatoms. The van der Waals surface area contributed by atoms with Crippen molar-refractivity contribution >= 4 is 0 Å². The Kier molecular flexibility index (Phi) is 23.1. The van der Waals surface area contributed by atoms with Gasteiger partial charge in [0.2, 0.25) is 0 Å². The van der Waals surface area contributed by atoms with Gasteiger partial charge in [-0.25, -0.2) is 0 Å². The van der Waals surface area contributed by atoms with Gasteiger partial charge >= 0.3 is 0 Å². The van der Waals surface area contributed by atoms with Gasteiger partial charge in [0, 0.05) is 80.6 Å². The van der Waals surface area contributed by atoms with Gasteiger partial charge in [-0.3, -0.25) is 0 Å². The molecule has 16 nitrogen and oxygen atoms in total. The second-order valence-corrected chi connectivity index (χ2v) is 18.0. The van der Waals surface area contributed by atoms with Crippen molar-refractivity contribution in [2.24, 2.45) is 23.7 Å². The average Bonchev–Trinajstić information content (AvgIpc) is 4.26. The Labute approximate surface area is 389 Å². The minimum atomic E-state index is -0.929. The van der Waals surface area contributed by atoms with Crippen LogP contribution in [0, 0.1) is 23.7 Å². The highest BCUT2D eigenvalue weighted by Crippen LogP contribution is 2.39. The van der Waals surface area contributed by atoms with Gasteiger partial charge in [-0.15, -0.1) is 0 Å². The molecule has 2 N–H and O–H groups in total. The van der Waals surface area contributed by atoms with Crippen LogP contribution in [0.15, 0.2) is 47.6 Å². The Morgan fingerprint density at radius 2 is 0.892 bits per heavy atom. The summed E-state index contributed by atoms with van der Waals surface area (Å²) in [4.78, 5) is 0. The van der Waals surface area contributed by atoms with E-state index in [1.165, 1.54) is 0 Å². The highest BCUT2D eigenvalue weighted by molar-refractivity contribution is 5.21. The Morgan fingerprint density at radius 3 is 1.29 bits per heavy atom. The van der Waals surface area contributed by atoms with E-state index in [2.05, 4.69) is 27.7 Å². The van der Waals surface area contributed by atoms with Crippen LogP contribution in [-0.2, 0) is 66.3 Å². The smallest absolute Gasteiger partial charge is 0.189 e. The Bertz CT molecular complexity index is 1500. The first-order chi connectivity index (χ1) is 31.2. The molecule has 376 valence electrons. The van der Waals surface area contributed by atoms with E-state index in [-0.39, 0.29) is 67.1 Å². The van der Waals surface area contributed by atoms with Crippen LogP contribution in [0.25, 0.3) is 0 Å². The number of hydrogen-bond donors (Lipinski definition) is 2. The second-order valence-electron chi connectivity index (χ2n) is 18.0. The van der Waals surface area contributed by atoms with Crippen LogP contribution in [-0.4, -0.2) is 184 Å². The molecule has 4 aliphatic heterocycles. The van der Waals surface area contributed by atoms with E-state index in [9.17, 15) is 10.2 Å². The molecule has 0 aromatic carbocycles. The molecule has 22 atom stereocenters. The second kappa shape index (κ2) is 26.9. The first-order valence-corrected chi connectivity index (χ1v) is 23.3. The number of rotatable bonds is 28. The molecule has 0 amide bonds. The molecule has 65 heavy (non-hydrogen) atoms. The quantitative estimate of drug-likeness (QED) is 0.0597. The molecule has 0 saturated carbocycles. The number of allylic oxidation sites excluding steroid dienone is 4. The molecule has 0 spiro atoms. The largest absolute Gasteiger partial charge is 0.390 e. The van der Waals surface area contributed by atoms with E-state index < -0.39 is 73.6 Å². The lowest BCUT2D eigenvalue weighted by Crippen LogP contribution is -2.61. The van der Waals surface area contributed by atoms with Crippen molar-refractivity contribution in [3.63, 3.8) is 0 Å². The van der Waals surface area contributed by atoms with E-state index in [4.69, 9.17) is 66.3 Å². The molecular weight excluding hydrogens is 845 g/mol. The molecule has 4 heterocycles. The molecule has 4 saturated heterocycles. The molecule has 4 fully saturated rings. The molecule has 4 aliphatic rings. The maximum atomic E-state index is 11.1. The minimum Gasteiger partial charge on any atom is -0.390 e. The molecule has 0 radical (unpaired) electrons. The molecular formula is C49H84O16. The third kappa shape index (κ3) is 13.8. The van der Waals surface area contributed by atoms with E-state index in [1.807, 2.05) is 64.2 Å². The Morgan fingerprint density at radius 1 is 0.492 bits per heavy atom. The van der Waals surface area contributed by atoms with Gasteiger partial charge < -0.3 is 76.5 Å². The third-order valence-corrected chi connectivity index (χ3v) is 14.0. The highest BCUT2D eigenvalue weighted by Gasteiger charge is 2.53. The SMILES string of the molecule is CC[C@H](OC)[C@@H](C)[C@@H]1O[C@H]1[C@H](O)[C@@H](C)/C=C/C=C(\C)[C@@H]1O[C@H](OCO[C@H]2[C@H](OC)[C@@H](OC)[C@H](OC)O[C@H]2/C(C)=C/C=C/[C@H](C)[C@@H](O)[C@@H]2O[C@H]2[C@H](C)[C@H](CC)OC)[C@H](OC)[C@@H](OC)[C@@H]1OC. The van der Waals surface area contributed by atoms with Crippen LogP contribution < -0.4 is 0 Å². The summed E-state index contributed by atoms with van der Waals surface area (Å²) in [6.45, 7) is 16.0. The van der Waals surface area contributed by atoms with Gasteiger partial charge in [-0.05, 0) is 37.8 Å². The lowest BCUT2D eigenvalue weighted by Gasteiger charge is -2.46. The zero-order valence-corrected chi connectivity index (χ0v) is 41.9. The first-order valence-electron chi connectivity index (χ1n) is 23.3. The molecule has 0 aromatic heterocycles. The summed E-state index contributed by atoms with van der Waals surface area (Å²) < 4.78 is 84.4. The fraction of sp³-hybridized carbons (Fsp3) is 0.837. The maximum absolute atomic E-state index is 11.1. The average molecular weight is 929 g/mol. The summed E-state index contributed by atoms with van der Waals surface area (Å²) in [5.74, 6) is 0.00288. The van der Waals surface area contributed by atoms with Crippen molar-refractivity contribution in [3.8, 4) is 0 Å². The predicted octanol–water partition coefficient (Wildman–Crippen LogP) is 5.17. The summed E-state index contributed by atoms with van der Waals surface area (Å²) in [7, 11) is 12.9.